The van der Waals surface area contributed by atoms with E-state index in [-0.39, 0.29) is 0 Å². The molecule has 4 heteroatoms. The lowest BCUT2D eigenvalue weighted by atomic mass is 9.98. The van der Waals surface area contributed by atoms with E-state index in [1.54, 1.807) is 0 Å². The van der Waals surface area contributed by atoms with Gasteiger partial charge in [0.2, 0.25) is 0 Å². The Morgan fingerprint density at radius 3 is 2.76 bits per heavy atom. The van der Waals surface area contributed by atoms with E-state index in [0.717, 1.165) is 49.1 Å². The summed E-state index contributed by atoms with van der Waals surface area (Å²) in [4.78, 5) is 2.34. The molecule has 1 N–H and O–H groups in total. The topological polar surface area (TPSA) is 41.3 Å². The highest BCUT2D eigenvalue weighted by Crippen LogP contribution is 2.20. The molecular weight excluding hydrogens is 262 g/mol. The Balaban J connectivity index is 1.56. The number of rotatable bonds is 5. The zero-order valence-corrected chi connectivity index (χ0v) is 12.6. The van der Waals surface area contributed by atoms with Gasteiger partial charge in [-0.25, -0.2) is 0 Å². The third kappa shape index (κ3) is 3.93. The van der Waals surface area contributed by atoms with Crippen LogP contribution in [0.4, 0.5) is 0 Å². The number of nitrogens with zero attached hydrogens (tertiary/aromatic N) is 2. The molecular formula is C17H23N3O. The molecule has 2 aromatic rings. The number of hydrogen-bond acceptors (Lipinski definition) is 4. The molecule has 4 nitrogen and oxygen atoms in total. The van der Waals surface area contributed by atoms with E-state index in [1.165, 1.54) is 12.8 Å². The van der Waals surface area contributed by atoms with Crippen molar-refractivity contribution in [2.24, 2.45) is 5.92 Å². The number of nitrogens with one attached hydrogen (secondary N) is 1. The van der Waals surface area contributed by atoms with Crippen LogP contribution in [0.2, 0.25) is 0 Å². The summed E-state index contributed by atoms with van der Waals surface area (Å²) in [5.74, 6) is 1.73. The zero-order chi connectivity index (χ0) is 14.5. The maximum atomic E-state index is 5.47. The Morgan fingerprint density at radius 1 is 1.24 bits per heavy atom. The Hall–Kier alpha value is -1.65. The van der Waals surface area contributed by atoms with Crippen LogP contribution in [0.5, 0.6) is 0 Å². The molecule has 2 heterocycles. The van der Waals surface area contributed by atoms with Crippen LogP contribution in [0, 0.1) is 5.92 Å². The van der Waals surface area contributed by atoms with Crippen LogP contribution in [-0.4, -0.2) is 36.7 Å². The van der Waals surface area contributed by atoms with Gasteiger partial charge in [0, 0.05) is 18.2 Å². The second-order valence-electron chi connectivity index (χ2n) is 5.93. The Morgan fingerprint density at radius 2 is 2.00 bits per heavy atom. The highest BCUT2D eigenvalue weighted by molar-refractivity contribution is 5.58. The first-order chi connectivity index (χ1) is 10.3. The molecule has 112 valence electrons. The second-order valence-corrected chi connectivity index (χ2v) is 5.93. The summed E-state index contributed by atoms with van der Waals surface area (Å²) < 4.78 is 5.47. The van der Waals surface area contributed by atoms with E-state index < -0.39 is 0 Å². The molecule has 1 saturated heterocycles. The molecule has 1 fully saturated rings. The lowest BCUT2D eigenvalue weighted by molar-refractivity contribution is 0.214. The van der Waals surface area contributed by atoms with Gasteiger partial charge in [-0.2, -0.15) is 0 Å². The van der Waals surface area contributed by atoms with E-state index in [0.29, 0.717) is 0 Å². The van der Waals surface area contributed by atoms with Crippen molar-refractivity contribution in [1.82, 2.24) is 15.4 Å². The average Bonchev–Trinajstić information content (AvgIpc) is 2.97. The van der Waals surface area contributed by atoms with Crippen molar-refractivity contribution in [1.29, 1.82) is 0 Å². The average molecular weight is 285 g/mol. The smallest absolute Gasteiger partial charge is 0.151 e. The minimum atomic E-state index is 0.799. The van der Waals surface area contributed by atoms with Crippen molar-refractivity contribution in [2.75, 3.05) is 26.7 Å². The molecule has 1 aliphatic heterocycles. The molecule has 0 spiro atoms. The third-order valence-electron chi connectivity index (χ3n) is 4.08. The third-order valence-corrected chi connectivity index (χ3v) is 4.08. The summed E-state index contributed by atoms with van der Waals surface area (Å²) in [7, 11) is 2.16. The van der Waals surface area contributed by atoms with Crippen LogP contribution in [0.25, 0.3) is 11.3 Å². The van der Waals surface area contributed by atoms with Gasteiger partial charge in [-0.3, -0.25) is 4.90 Å². The van der Waals surface area contributed by atoms with Gasteiger partial charge in [-0.1, -0.05) is 35.5 Å². The molecule has 3 rings (SSSR count). The van der Waals surface area contributed by atoms with Crippen LogP contribution in [0.15, 0.2) is 40.9 Å². The molecule has 1 aromatic carbocycles. The number of benzene rings is 1. The number of hydrogen-bond donors (Lipinski definition) is 1. The quantitative estimate of drug-likeness (QED) is 0.917. The van der Waals surface area contributed by atoms with Gasteiger partial charge >= 0.3 is 0 Å². The van der Waals surface area contributed by atoms with E-state index in [2.05, 4.69) is 34.6 Å². The normalized spacial score (nSPS) is 16.5. The van der Waals surface area contributed by atoms with Crippen LogP contribution in [0.3, 0.4) is 0 Å². The molecule has 1 aliphatic rings. The summed E-state index contributed by atoms with van der Waals surface area (Å²) in [5, 5.41) is 7.59. The van der Waals surface area contributed by atoms with Crippen molar-refractivity contribution >= 4 is 0 Å². The minimum Gasteiger partial charge on any atom is -0.359 e. The van der Waals surface area contributed by atoms with Crippen LogP contribution >= 0.6 is 0 Å². The van der Waals surface area contributed by atoms with Crippen molar-refractivity contribution in [3.8, 4) is 11.3 Å². The number of piperidine rings is 1. The van der Waals surface area contributed by atoms with Gasteiger partial charge in [0.15, 0.2) is 5.76 Å². The first-order valence-electron chi connectivity index (χ1n) is 7.71. The van der Waals surface area contributed by atoms with Crippen molar-refractivity contribution in [3.05, 3.63) is 42.2 Å². The zero-order valence-electron chi connectivity index (χ0n) is 12.6. The summed E-state index contributed by atoms with van der Waals surface area (Å²) >= 11 is 0. The molecule has 0 amide bonds. The molecule has 0 unspecified atom stereocenters. The summed E-state index contributed by atoms with van der Waals surface area (Å²) in [6.45, 7) is 4.25. The predicted octanol–water partition coefficient (Wildman–Crippen LogP) is 2.77. The summed E-state index contributed by atoms with van der Waals surface area (Å²) in [6, 6.07) is 12.2. The Kier molecular flexibility index (Phi) is 4.68. The maximum Gasteiger partial charge on any atom is 0.151 e. The fourth-order valence-corrected chi connectivity index (χ4v) is 2.97. The minimum absolute atomic E-state index is 0.799. The molecule has 0 atom stereocenters. The van der Waals surface area contributed by atoms with Gasteiger partial charge in [0.1, 0.15) is 5.69 Å². The SMILES string of the molecule is CN(Cc1cc(-c2ccccc2)no1)CC1CCNCC1. The van der Waals surface area contributed by atoms with E-state index in [1.807, 2.05) is 24.3 Å². The molecule has 0 radical (unpaired) electrons. The lowest BCUT2D eigenvalue weighted by Crippen LogP contribution is -2.34. The molecule has 1 aromatic heterocycles. The van der Waals surface area contributed by atoms with Gasteiger partial charge in [-0.05, 0) is 38.9 Å². The molecule has 0 aliphatic carbocycles. The largest absolute Gasteiger partial charge is 0.359 e. The molecule has 0 bridgehead atoms. The van der Waals surface area contributed by atoms with Gasteiger partial charge < -0.3 is 9.84 Å². The van der Waals surface area contributed by atoms with Crippen molar-refractivity contribution in [2.45, 2.75) is 19.4 Å². The van der Waals surface area contributed by atoms with E-state index in [4.69, 9.17) is 4.52 Å². The Labute approximate surface area is 126 Å². The van der Waals surface area contributed by atoms with Crippen LogP contribution in [0.1, 0.15) is 18.6 Å². The van der Waals surface area contributed by atoms with E-state index >= 15 is 0 Å². The Bertz CT molecular complexity index is 546. The second kappa shape index (κ2) is 6.87. The highest BCUT2D eigenvalue weighted by Gasteiger charge is 2.16. The maximum absolute atomic E-state index is 5.47. The van der Waals surface area contributed by atoms with Crippen LogP contribution < -0.4 is 5.32 Å². The highest BCUT2D eigenvalue weighted by atomic mass is 16.5. The van der Waals surface area contributed by atoms with Gasteiger partial charge in [0.25, 0.3) is 0 Å². The first-order valence-corrected chi connectivity index (χ1v) is 7.71. The first kappa shape index (κ1) is 14.3. The lowest BCUT2D eigenvalue weighted by Gasteiger charge is -2.26. The van der Waals surface area contributed by atoms with Crippen molar-refractivity contribution < 1.29 is 4.52 Å². The standard InChI is InChI=1S/C17H23N3O/c1-20(12-14-7-9-18-10-8-14)13-16-11-17(19-21-16)15-5-3-2-4-6-15/h2-6,11,14,18H,7-10,12-13H2,1H3. The monoisotopic (exact) mass is 285 g/mol. The fourth-order valence-electron chi connectivity index (χ4n) is 2.97. The van der Waals surface area contributed by atoms with Crippen LogP contribution in [-0.2, 0) is 6.54 Å². The van der Waals surface area contributed by atoms with Gasteiger partial charge in [0.05, 0.1) is 6.54 Å². The summed E-state index contributed by atoms with van der Waals surface area (Å²) in [5.41, 5.74) is 2.02. The number of aromatic nitrogens is 1. The van der Waals surface area contributed by atoms with E-state index in [9.17, 15) is 0 Å². The summed E-state index contributed by atoms with van der Waals surface area (Å²) in [6.07, 6.45) is 2.55. The fraction of sp³-hybridized carbons (Fsp3) is 0.471. The molecule has 21 heavy (non-hydrogen) atoms. The molecule has 0 saturated carbocycles. The van der Waals surface area contributed by atoms with Crippen molar-refractivity contribution in [3.63, 3.8) is 0 Å². The van der Waals surface area contributed by atoms with Gasteiger partial charge in [-0.15, -0.1) is 0 Å². The predicted molar refractivity (Wildman–Crippen MR) is 83.9 cm³/mol.